The standard InChI is InChI=1S/C8H13N3O/c1-5-10-6-2-3-7(8(9)12)11(5)4-6/h6-7,10H,1-4H2,(H2,9,12). The smallest absolute Gasteiger partial charge is 0.240 e. The second-order valence-corrected chi connectivity index (χ2v) is 3.44. The van der Waals surface area contributed by atoms with Crippen molar-refractivity contribution in [2.45, 2.75) is 24.9 Å². The molecule has 2 saturated heterocycles. The molecule has 0 aromatic rings. The number of nitrogens with two attached hydrogens (primary N) is 1. The molecule has 0 saturated carbocycles. The van der Waals surface area contributed by atoms with Gasteiger partial charge in [-0.2, -0.15) is 0 Å². The van der Waals surface area contributed by atoms with Crippen molar-refractivity contribution < 1.29 is 4.79 Å². The van der Waals surface area contributed by atoms with Gasteiger partial charge in [0.1, 0.15) is 6.04 Å². The molecule has 2 heterocycles. The fourth-order valence-corrected chi connectivity index (χ4v) is 2.00. The third-order valence-corrected chi connectivity index (χ3v) is 2.63. The van der Waals surface area contributed by atoms with Crippen molar-refractivity contribution in [1.29, 1.82) is 0 Å². The van der Waals surface area contributed by atoms with Gasteiger partial charge >= 0.3 is 0 Å². The minimum Gasteiger partial charge on any atom is -0.368 e. The van der Waals surface area contributed by atoms with Gasteiger partial charge in [0.15, 0.2) is 0 Å². The third kappa shape index (κ3) is 0.948. The lowest BCUT2D eigenvalue weighted by Crippen LogP contribution is -2.46. The van der Waals surface area contributed by atoms with Crippen LogP contribution in [-0.2, 0) is 4.79 Å². The highest BCUT2D eigenvalue weighted by atomic mass is 16.1. The van der Waals surface area contributed by atoms with Crippen LogP contribution in [0.1, 0.15) is 12.8 Å². The van der Waals surface area contributed by atoms with Gasteiger partial charge in [0.25, 0.3) is 0 Å². The van der Waals surface area contributed by atoms with E-state index in [9.17, 15) is 4.79 Å². The summed E-state index contributed by atoms with van der Waals surface area (Å²) in [5.74, 6) is 0.611. The number of nitrogens with zero attached hydrogens (tertiary/aromatic N) is 1. The maximum Gasteiger partial charge on any atom is 0.240 e. The molecule has 2 atom stereocenters. The fourth-order valence-electron chi connectivity index (χ4n) is 2.00. The monoisotopic (exact) mass is 167 g/mol. The van der Waals surface area contributed by atoms with Crippen molar-refractivity contribution in [3.8, 4) is 0 Å². The van der Waals surface area contributed by atoms with Crippen molar-refractivity contribution in [3.05, 3.63) is 12.4 Å². The summed E-state index contributed by atoms with van der Waals surface area (Å²) in [5.41, 5.74) is 5.26. The Kier molecular flexibility index (Phi) is 1.49. The lowest BCUT2D eigenvalue weighted by atomic mass is 10.0. The lowest BCUT2D eigenvalue weighted by Gasteiger charge is -2.29. The van der Waals surface area contributed by atoms with Gasteiger partial charge in [-0.1, -0.05) is 6.58 Å². The van der Waals surface area contributed by atoms with Crippen LogP contribution in [0.15, 0.2) is 12.4 Å². The van der Waals surface area contributed by atoms with Crippen LogP contribution in [0.4, 0.5) is 0 Å². The van der Waals surface area contributed by atoms with Gasteiger partial charge < -0.3 is 16.0 Å². The largest absolute Gasteiger partial charge is 0.368 e. The predicted molar refractivity (Wildman–Crippen MR) is 45.0 cm³/mol. The number of fused-ring (bicyclic) bond motifs is 2. The molecule has 2 aliphatic rings. The molecule has 2 rings (SSSR count). The van der Waals surface area contributed by atoms with Crippen molar-refractivity contribution in [1.82, 2.24) is 10.2 Å². The number of hydrogen-bond acceptors (Lipinski definition) is 3. The molecule has 12 heavy (non-hydrogen) atoms. The van der Waals surface area contributed by atoms with E-state index in [1.54, 1.807) is 0 Å². The Hall–Kier alpha value is -1.19. The molecule has 2 fully saturated rings. The summed E-state index contributed by atoms with van der Waals surface area (Å²) in [5, 5.41) is 3.22. The van der Waals surface area contributed by atoms with Crippen LogP contribution in [0, 0.1) is 0 Å². The summed E-state index contributed by atoms with van der Waals surface area (Å²) < 4.78 is 0. The number of nitrogens with one attached hydrogen (secondary N) is 1. The van der Waals surface area contributed by atoms with E-state index in [-0.39, 0.29) is 11.9 Å². The molecule has 2 unspecified atom stereocenters. The Morgan fingerprint density at radius 1 is 1.67 bits per heavy atom. The summed E-state index contributed by atoms with van der Waals surface area (Å²) >= 11 is 0. The van der Waals surface area contributed by atoms with Gasteiger partial charge in [-0.3, -0.25) is 4.79 Å². The predicted octanol–water partition coefficient (Wildman–Crippen LogP) is -0.621. The minimum absolute atomic E-state index is 0.135. The highest BCUT2D eigenvalue weighted by Gasteiger charge is 2.37. The van der Waals surface area contributed by atoms with Crippen molar-refractivity contribution >= 4 is 5.91 Å². The van der Waals surface area contributed by atoms with E-state index in [2.05, 4.69) is 11.9 Å². The fraction of sp³-hybridized carbons (Fsp3) is 0.625. The number of hydrogen-bond donors (Lipinski definition) is 2. The Morgan fingerprint density at radius 3 is 3.08 bits per heavy atom. The average Bonchev–Trinajstić information content (AvgIpc) is 2.28. The number of carbonyl (C=O) groups is 1. The summed E-state index contributed by atoms with van der Waals surface area (Å²) in [6.45, 7) is 4.72. The second-order valence-electron chi connectivity index (χ2n) is 3.44. The van der Waals surface area contributed by atoms with Crippen LogP contribution >= 0.6 is 0 Å². The molecule has 4 heteroatoms. The third-order valence-electron chi connectivity index (χ3n) is 2.63. The average molecular weight is 167 g/mol. The zero-order valence-corrected chi connectivity index (χ0v) is 6.92. The topological polar surface area (TPSA) is 58.4 Å². The molecular weight excluding hydrogens is 154 g/mol. The van der Waals surface area contributed by atoms with E-state index >= 15 is 0 Å². The molecule has 0 spiro atoms. The van der Waals surface area contributed by atoms with Crippen LogP contribution in [0.5, 0.6) is 0 Å². The van der Waals surface area contributed by atoms with Crippen molar-refractivity contribution in [2.75, 3.05) is 6.54 Å². The number of rotatable bonds is 1. The minimum atomic E-state index is -0.238. The van der Waals surface area contributed by atoms with E-state index < -0.39 is 0 Å². The van der Waals surface area contributed by atoms with Gasteiger partial charge in [0.2, 0.25) is 5.91 Å². The normalized spacial score (nSPS) is 33.3. The van der Waals surface area contributed by atoms with Crippen molar-refractivity contribution in [2.24, 2.45) is 5.73 Å². The first-order chi connectivity index (χ1) is 5.68. The van der Waals surface area contributed by atoms with Crippen LogP contribution in [0.3, 0.4) is 0 Å². The van der Waals surface area contributed by atoms with Crippen molar-refractivity contribution in [3.63, 3.8) is 0 Å². The molecule has 0 aromatic carbocycles. The zero-order valence-electron chi connectivity index (χ0n) is 6.92. The Bertz CT molecular complexity index is 238. The highest BCUT2D eigenvalue weighted by molar-refractivity contribution is 5.80. The summed E-state index contributed by atoms with van der Waals surface area (Å²) in [4.78, 5) is 13.0. The van der Waals surface area contributed by atoms with Gasteiger partial charge in [0, 0.05) is 12.6 Å². The van der Waals surface area contributed by atoms with E-state index in [0.717, 1.165) is 25.2 Å². The molecule has 0 aromatic heterocycles. The molecule has 1 amide bonds. The van der Waals surface area contributed by atoms with Crippen LogP contribution < -0.4 is 11.1 Å². The summed E-state index contributed by atoms with van der Waals surface area (Å²) in [7, 11) is 0. The lowest BCUT2D eigenvalue weighted by molar-refractivity contribution is -0.123. The van der Waals surface area contributed by atoms with Crippen LogP contribution in [-0.4, -0.2) is 29.4 Å². The molecule has 0 radical (unpaired) electrons. The second kappa shape index (κ2) is 2.40. The van der Waals surface area contributed by atoms with Crippen LogP contribution in [0.2, 0.25) is 0 Å². The van der Waals surface area contributed by atoms with Gasteiger partial charge in [0.05, 0.1) is 5.82 Å². The molecular formula is C8H13N3O. The molecule has 3 N–H and O–H groups in total. The zero-order chi connectivity index (χ0) is 8.72. The van der Waals surface area contributed by atoms with E-state index in [0.29, 0.717) is 6.04 Å². The molecule has 2 aliphatic heterocycles. The molecule has 2 bridgehead atoms. The Morgan fingerprint density at radius 2 is 2.42 bits per heavy atom. The number of carbonyl (C=O) groups excluding carboxylic acids is 1. The molecule has 66 valence electrons. The summed E-state index contributed by atoms with van der Waals surface area (Å²) in [6, 6.07) is 0.344. The first-order valence-corrected chi connectivity index (χ1v) is 4.20. The van der Waals surface area contributed by atoms with Gasteiger partial charge in [-0.15, -0.1) is 0 Å². The quantitative estimate of drug-likeness (QED) is 0.547. The van der Waals surface area contributed by atoms with Gasteiger partial charge in [-0.25, -0.2) is 0 Å². The Labute approximate surface area is 71.4 Å². The van der Waals surface area contributed by atoms with Crippen LogP contribution in [0.25, 0.3) is 0 Å². The van der Waals surface area contributed by atoms with E-state index in [4.69, 9.17) is 5.73 Å². The maximum absolute atomic E-state index is 11.0. The number of amides is 1. The highest BCUT2D eigenvalue weighted by Crippen LogP contribution is 2.25. The van der Waals surface area contributed by atoms with E-state index in [1.807, 2.05) is 4.90 Å². The number of piperidine rings is 1. The Balaban J connectivity index is 2.18. The molecule has 0 aliphatic carbocycles. The molecule has 4 nitrogen and oxygen atoms in total. The first-order valence-electron chi connectivity index (χ1n) is 4.20. The first kappa shape index (κ1) is 7.46. The maximum atomic E-state index is 11.0. The SMILES string of the molecule is C=C1NC2CCC(C(N)=O)N1C2. The van der Waals surface area contributed by atoms with Gasteiger partial charge in [-0.05, 0) is 12.8 Å². The number of primary amides is 1. The summed E-state index contributed by atoms with van der Waals surface area (Å²) in [6.07, 6.45) is 1.87. The van der Waals surface area contributed by atoms with E-state index in [1.165, 1.54) is 0 Å².